The van der Waals surface area contributed by atoms with Gasteiger partial charge in [-0.1, -0.05) is 24.6 Å². The second-order valence-electron chi connectivity index (χ2n) is 9.14. The van der Waals surface area contributed by atoms with Crippen LogP contribution in [0.3, 0.4) is 0 Å². The third kappa shape index (κ3) is 6.79. The summed E-state index contributed by atoms with van der Waals surface area (Å²) in [4.78, 5) is 29.4. The van der Waals surface area contributed by atoms with E-state index in [0.717, 1.165) is 5.56 Å². The lowest BCUT2D eigenvalue weighted by Gasteiger charge is -2.22. The number of carbonyl (C=O) groups is 2. The van der Waals surface area contributed by atoms with E-state index < -0.39 is 11.7 Å². The number of alkyl carbamates (subject to hydrolysis) is 1. The van der Waals surface area contributed by atoms with Crippen molar-refractivity contribution < 1.29 is 19.1 Å². The van der Waals surface area contributed by atoms with E-state index in [1.165, 1.54) is 5.01 Å². The number of aromatic nitrogens is 2. The molecule has 0 aliphatic heterocycles. The molecule has 0 atom stereocenters. The van der Waals surface area contributed by atoms with Gasteiger partial charge < -0.3 is 25.1 Å². The molecule has 0 saturated heterocycles. The van der Waals surface area contributed by atoms with E-state index in [1.807, 2.05) is 19.1 Å². The molecule has 3 rings (SSSR count). The molecule has 0 unspecified atom stereocenters. The molecule has 4 N–H and O–H groups in total. The number of nitrogens with zero attached hydrogens (tertiary/aromatic N) is 3. The maximum atomic E-state index is 13.1. The number of amides is 2. The number of methoxy groups -OCH3 is 1. The quantitative estimate of drug-likeness (QED) is 0.292. The first kappa shape index (κ1) is 27.1. The highest BCUT2D eigenvalue weighted by atomic mass is 35.5. The first-order chi connectivity index (χ1) is 17.0. The van der Waals surface area contributed by atoms with Crippen LogP contribution in [-0.4, -0.2) is 47.2 Å². The second-order valence-corrected chi connectivity index (χ2v) is 9.57. The Balaban J connectivity index is 1.65. The van der Waals surface area contributed by atoms with Gasteiger partial charge in [0.25, 0.3) is 5.91 Å². The van der Waals surface area contributed by atoms with Gasteiger partial charge in [0.15, 0.2) is 0 Å². The smallest absolute Gasteiger partial charge is 0.407 e. The molecule has 0 fully saturated rings. The second kappa shape index (κ2) is 11.5. The fourth-order valence-corrected chi connectivity index (χ4v) is 3.75. The van der Waals surface area contributed by atoms with Crippen LogP contribution >= 0.6 is 11.6 Å². The number of ether oxygens (including phenoxy) is 2. The zero-order valence-electron chi connectivity index (χ0n) is 21.2. The van der Waals surface area contributed by atoms with Crippen LogP contribution in [0.1, 0.15) is 49.4 Å². The van der Waals surface area contributed by atoms with E-state index in [1.54, 1.807) is 56.7 Å². The first-order valence-corrected chi connectivity index (χ1v) is 12.0. The molecular formula is C25H33ClN6O4. The summed E-state index contributed by atoms with van der Waals surface area (Å²) >= 11 is 6.14. The number of fused-ring (bicyclic) bond motifs is 1. The minimum Gasteiger partial charge on any atom is -0.496 e. The summed E-state index contributed by atoms with van der Waals surface area (Å²) in [6.07, 6.45) is 1.79. The molecule has 2 heterocycles. The Morgan fingerprint density at radius 3 is 2.61 bits per heavy atom. The Hall–Kier alpha value is -3.50. The van der Waals surface area contributed by atoms with Crippen molar-refractivity contribution in [2.75, 3.05) is 25.2 Å². The number of nitrogens with one attached hydrogen (secondary N) is 2. The molecule has 10 nitrogen and oxygen atoms in total. The minimum absolute atomic E-state index is 0.240. The molecule has 36 heavy (non-hydrogen) atoms. The Kier molecular flexibility index (Phi) is 8.65. The number of benzene rings is 1. The number of carbonyl (C=O) groups excluding carboxylic acids is 2. The topological polar surface area (TPSA) is 123 Å². The highest BCUT2D eigenvalue weighted by Gasteiger charge is 2.19. The Bertz CT molecular complexity index is 1240. The molecule has 11 heteroatoms. The third-order valence-electron chi connectivity index (χ3n) is 5.27. The molecule has 3 aromatic rings. The highest BCUT2D eigenvalue weighted by Crippen LogP contribution is 2.25. The van der Waals surface area contributed by atoms with Crippen LogP contribution in [0, 0.1) is 0 Å². The highest BCUT2D eigenvalue weighted by molar-refractivity contribution is 6.30. The number of rotatable bonds is 9. The Morgan fingerprint density at radius 1 is 1.19 bits per heavy atom. The zero-order valence-corrected chi connectivity index (χ0v) is 22.0. The fourth-order valence-electron chi connectivity index (χ4n) is 3.59. The molecule has 0 aliphatic rings. The van der Waals surface area contributed by atoms with Crippen molar-refractivity contribution in [3.8, 4) is 5.75 Å². The normalized spacial score (nSPS) is 11.3. The number of aryl methyl sites for hydroxylation is 1. The van der Waals surface area contributed by atoms with Crippen LogP contribution in [0.4, 0.5) is 10.5 Å². The van der Waals surface area contributed by atoms with E-state index in [-0.39, 0.29) is 12.5 Å². The number of pyridine rings is 1. The van der Waals surface area contributed by atoms with E-state index in [4.69, 9.17) is 26.9 Å². The summed E-state index contributed by atoms with van der Waals surface area (Å²) in [6, 6.07) is 8.96. The van der Waals surface area contributed by atoms with Crippen molar-refractivity contribution >= 4 is 34.9 Å². The van der Waals surface area contributed by atoms with Gasteiger partial charge in [-0.05, 0) is 45.4 Å². The predicted molar refractivity (Wildman–Crippen MR) is 140 cm³/mol. The van der Waals surface area contributed by atoms with E-state index in [2.05, 4.69) is 15.6 Å². The third-order valence-corrected chi connectivity index (χ3v) is 5.49. The lowest BCUT2D eigenvalue weighted by molar-refractivity contribution is 0.0529. The number of hydrogen-bond acceptors (Lipinski definition) is 7. The van der Waals surface area contributed by atoms with Crippen molar-refractivity contribution in [2.45, 2.75) is 46.3 Å². The largest absolute Gasteiger partial charge is 0.496 e. The average molecular weight is 517 g/mol. The molecule has 2 amide bonds. The van der Waals surface area contributed by atoms with E-state index in [9.17, 15) is 9.59 Å². The lowest BCUT2D eigenvalue weighted by Crippen LogP contribution is -2.40. The summed E-state index contributed by atoms with van der Waals surface area (Å²) < 4.78 is 12.5. The predicted octanol–water partition coefficient (Wildman–Crippen LogP) is 3.69. The Morgan fingerprint density at radius 2 is 1.94 bits per heavy atom. The number of nitrogens with two attached hydrogens (primary N) is 1. The molecule has 0 spiro atoms. The molecule has 1 aromatic carbocycles. The number of imidazole rings is 1. The minimum atomic E-state index is -0.568. The molecule has 0 saturated carbocycles. The zero-order chi connectivity index (χ0) is 26.5. The van der Waals surface area contributed by atoms with Crippen LogP contribution < -0.4 is 26.2 Å². The summed E-state index contributed by atoms with van der Waals surface area (Å²) in [5.74, 6) is 6.47. The van der Waals surface area contributed by atoms with Crippen LogP contribution in [-0.2, 0) is 17.7 Å². The van der Waals surface area contributed by atoms with Crippen LogP contribution in [0.5, 0.6) is 5.75 Å². The first-order valence-electron chi connectivity index (χ1n) is 11.6. The summed E-state index contributed by atoms with van der Waals surface area (Å²) in [7, 11) is 1.55. The Labute approximate surface area is 215 Å². The van der Waals surface area contributed by atoms with Crippen LogP contribution in [0.25, 0.3) is 5.65 Å². The van der Waals surface area contributed by atoms with Crippen molar-refractivity contribution in [2.24, 2.45) is 5.84 Å². The van der Waals surface area contributed by atoms with Gasteiger partial charge in [0, 0.05) is 30.9 Å². The van der Waals surface area contributed by atoms with Crippen molar-refractivity contribution in [3.05, 3.63) is 58.5 Å². The van der Waals surface area contributed by atoms with Crippen molar-refractivity contribution in [1.29, 1.82) is 0 Å². The van der Waals surface area contributed by atoms with Gasteiger partial charge in [-0.15, -0.1) is 0 Å². The lowest BCUT2D eigenvalue weighted by atomic mass is 10.1. The average Bonchev–Trinajstić information content (AvgIpc) is 3.19. The van der Waals surface area contributed by atoms with Gasteiger partial charge >= 0.3 is 6.09 Å². The summed E-state index contributed by atoms with van der Waals surface area (Å²) in [5.41, 5.74) is 2.71. The van der Waals surface area contributed by atoms with Gasteiger partial charge in [-0.3, -0.25) is 9.20 Å². The van der Waals surface area contributed by atoms with Gasteiger partial charge in [-0.2, -0.15) is 0 Å². The molecule has 0 aliphatic carbocycles. The SMILES string of the molecule is CCc1nc2ccc(Cl)cn2c1C(=O)NCc1ccc(N(N)CCNC(=O)OC(C)(C)C)cc1OC. The molecule has 0 bridgehead atoms. The number of hydrazine groups is 1. The van der Waals surface area contributed by atoms with Gasteiger partial charge in [0.1, 0.15) is 22.7 Å². The molecule has 0 radical (unpaired) electrons. The van der Waals surface area contributed by atoms with Gasteiger partial charge in [0.05, 0.1) is 30.1 Å². The number of hydrogen-bond donors (Lipinski definition) is 3. The number of anilines is 1. The standard InChI is InChI=1S/C25H33ClN6O4/c1-6-19-22(31-15-17(26)8-10-21(31)30-19)23(33)29-14-16-7-9-18(13-20(16)35-5)32(27)12-11-28-24(34)36-25(2,3)4/h7-10,13,15H,6,11-12,14,27H2,1-5H3,(H,28,34)(H,29,33). The number of halogens is 1. The van der Waals surface area contributed by atoms with E-state index in [0.29, 0.717) is 53.0 Å². The van der Waals surface area contributed by atoms with E-state index >= 15 is 0 Å². The van der Waals surface area contributed by atoms with Crippen LogP contribution in [0.15, 0.2) is 36.5 Å². The maximum Gasteiger partial charge on any atom is 0.407 e. The van der Waals surface area contributed by atoms with Gasteiger partial charge in [0.2, 0.25) is 0 Å². The summed E-state index contributed by atoms with van der Waals surface area (Å²) in [5, 5.41) is 7.63. The molecule has 194 valence electrons. The monoisotopic (exact) mass is 516 g/mol. The molecule has 2 aromatic heterocycles. The van der Waals surface area contributed by atoms with Crippen LogP contribution in [0.2, 0.25) is 5.02 Å². The fraction of sp³-hybridized carbons (Fsp3) is 0.400. The van der Waals surface area contributed by atoms with Gasteiger partial charge in [-0.25, -0.2) is 15.6 Å². The van der Waals surface area contributed by atoms with Crippen molar-refractivity contribution in [3.63, 3.8) is 0 Å². The summed E-state index contributed by atoms with van der Waals surface area (Å²) in [6.45, 7) is 8.24. The molecular weight excluding hydrogens is 484 g/mol. The maximum absolute atomic E-state index is 13.1. The van der Waals surface area contributed by atoms with Crippen molar-refractivity contribution in [1.82, 2.24) is 20.0 Å².